The summed E-state index contributed by atoms with van der Waals surface area (Å²) >= 11 is 0. The van der Waals surface area contributed by atoms with E-state index in [1.807, 2.05) is 6.92 Å². The van der Waals surface area contributed by atoms with Gasteiger partial charge in [0, 0.05) is 6.54 Å². The number of hydrogen-bond acceptors (Lipinski definition) is 4. The summed E-state index contributed by atoms with van der Waals surface area (Å²) in [5.41, 5.74) is 9.63. The van der Waals surface area contributed by atoms with Crippen LogP contribution in [0.25, 0.3) is 0 Å². The molecule has 1 aliphatic heterocycles. The van der Waals surface area contributed by atoms with Crippen LogP contribution in [0.5, 0.6) is 0 Å². The first-order valence-electron chi connectivity index (χ1n) is 5.98. The van der Waals surface area contributed by atoms with Gasteiger partial charge in [-0.2, -0.15) is 0 Å². The summed E-state index contributed by atoms with van der Waals surface area (Å²) in [5, 5.41) is 3.13. The molecule has 1 saturated heterocycles. The lowest BCUT2D eigenvalue weighted by molar-refractivity contribution is -0.146. The average molecular weight is 256 g/mol. The predicted molar refractivity (Wildman–Crippen MR) is 65.2 cm³/mol. The van der Waals surface area contributed by atoms with E-state index in [1.54, 1.807) is 0 Å². The quantitative estimate of drug-likeness (QED) is 0.518. The molecule has 7 heteroatoms. The van der Waals surface area contributed by atoms with E-state index in [2.05, 4.69) is 5.32 Å². The molecule has 0 aromatic rings. The maximum atomic E-state index is 12.4. The molecule has 18 heavy (non-hydrogen) atoms. The van der Waals surface area contributed by atoms with E-state index >= 15 is 0 Å². The van der Waals surface area contributed by atoms with Gasteiger partial charge in [-0.15, -0.1) is 0 Å². The molecule has 102 valence electrons. The molecule has 1 heterocycles. The van der Waals surface area contributed by atoms with Crippen LogP contribution >= 0.6 is 0 Å². The highest BCUT2D eigenvalue weighted by Gasteiger charge is 2.42. The third kappa shape index (κ3) is 3.19. The van der Waals surface area contributed by atoms with Gasteiger partial charge in [-0.3, -0.25) is 14.4 Å². The van der Waals surface area contributed by atoms with Crippen LogP contribution in [0, 0.1) is 5.41 Å². The van der Waals surface area contributed by atoms with Gasteiger partial charge in [0.05, 0.1) is 18.5 Å². The lowest BCUT2D eigenvalue weighted by Crippen LogP contribution is -2.50. The van der Waals surface area contributed by atoms with E-state index in [4.69, 9.17) is 11.5 Å². The van der Waals surface area contributed by atoms with Gasteiger partial charge in [0.1, 0.15) is 0 Å². The Hall–Kier alpha value is -1.63. The van der Waals surface area contributed by atoms with Gasteiger partial charge in [-0.1, -0.05) is 6.92 Å². The van der Waals surface area contributed by atoms with Crippen LogP contribution in [0.1, 0.15) is 19.8 Å². The Morgan fingerprint density at radius 3 is 2.11 bits per heavy atom. The van der Waals surface area contributed by atoms with E-state index in [-0.39, 0.29) is 19.0 Å². The van der Waals surface area contributed by atoms with E-state index in [9.17, 15) is 14.4 Å². The van der Waals surface area contributed by atoms with Gasteiger partial charge in [0.2, 0.25) is 17.7 Å². The first-order chi connectivity index (χ1) is 8.41. The summed E-state index contributed by atoms with van der Waals surface area (Å²) < 4.78 is 0. The fourth-order valence-corrected chi connectivity index (χ4v) is 2.29. The van der Waals surface area contributed by atoms with Gasteiger partial charge in [-0.25, -0.2) is 0 Å². The lowest BCUT2D eigenvalue weighted by Gasteiger charge is -2.31. The standard InChI is InChI=1S/C11H20N4O3/c1-2-11(3-4-14-7-11)10(18)15(5-8(12)16)6-9(13)17/h14H,2-7H2,1H3,(H2,12,16)(H2,13,17). The zero-order valence-electron chi connectivity index (χ0n) is 10.6. The molecule has 0 aromatic heterocycles. The molecule has 1 atom stereocenters. The van der Waals surface area contributed by atoms with E-state index < -0.39 is 17.2 Å². The number of nitrogens with two attached hydrogens (primary N) is 2. The molecule has 0 bridgehead atoms. The number of primary amides is 2. The number of nitrogens with zero attached hydrogens (tertiary/aromatic N) is 1. The van der Waals surface area contributed by atoms with Crippen LogP contribution < -0.4 is 16.8 Å². The van der Waals surface area contributed by atoms with Crippen molar-refractivity contribution in [1.82, 2.24) is 10.2 Å². The molecule has 1 rings (SSSR count). The second-order valence-corrected chi connectivity index (χ2v) is 4.65. The number of amides is 3. The third-order valence-electron chi connectivity index (χ3n) is 3.35. The van der Waals surface area contributed by atoms with E-state index in [0.717, 1.165) is 11.4 Å². The van der Waals surface area contributed by atoms with Gasteiger partial charge in [0.25, 0.3) is 0 Å². The Morgan fingerprint density at radius 2 is 1.78 bits per heavy atom. The zero-order chi connectivity index (χ0) is 13.8. The van der Waals surface area contributed by atoms with Crippen LogP contribution in [-0.2, 0) is 14.4 Å². The van der Waals surface area contributed by atoms with E-state index in [0.29, 0.717) is 19.4 Å². The van der Waals surface area contributed by atoms with Crippen molar-refractivity contribution >= 4 is 17.7 Å². The first kappa shape index (κ1) is 14.4. The summed E-state index contributed by atoms with van der Waals surface area (Å²) in [6, 6.07) is 0. The van der Waals surface area contributed by atoms with Crippen LogP contribution in [0.3, 0.4) is 0 Å². The third-order valence-corrected chi connectivity index (χ3v) is 3.35. The van der Waals surface area contributed by atoms with Crippen molar-refractivity contribution in [2.75, 3.05) is 26.2 Å². The van der Waals surface area contributed by atoms with Crippen LogP contribution in [0.4, 0.5) is 0 Å². The fourth-order valence-electron chi connectivity index (χ4n) is 2.29. The minimum Gasteiger partial charge on any atom is -0.368 e. The molecule has 0 radical (unpaired) electrons. The Bertz CT molecular complexity index is 334. The highest BCUT2D eigenvalue weighted by Crippen LogP contribution is 2.31. The fraction of sp³-hybridized carbons (Fsp3) is 0.727. The van der Waals surface area contributed by atoms with Gasteiger partial charge in [0.15, 0.2) is 0 Å². The van der Waals surface area contributed by atoms with E-state index in [1.165, 1.54) is 0 Å². The molecular formula is C11H20N4O3. The smallest absolute Gasteiger partial charge is 0.237 e. The van der Waals surface area contributed by atoms with Gasteiger partial charge >= 0.3 is 0 Å². The molecule has 7 nitrogen and oxygen atoms in total. The highest BCUT2D eigenvalue weighted by molar-refractivity contribution is 5.91. The molecule has 0 saturated carbocycles. The molecule has 0 spiro atoms. The molecule has 1 unspecified atom stereocenters. The maximum absolute atomic E-state index is 12.4. The van der Waals surface area contributed by atoms with Crippen molar-refractivity contribution in [3.8, 4) is 0 Å². The maximum Gasteiger partial charge on any atom is 0.237 e. The van der Waals surface area contributed by atoms with Gasteiger partial charge < -0.3 is 21.7 Å². The average Bonchev–Trinajstić information content (AvgIpc) is 2.75. The molecule has 5 N–H and O–H groups in total. The molecule has 1 fully saturated rings. The summed E-state index contributed by atoms with van der Waals surface area (Å²) in [5.74, 6) is -1.53. The minimum absolute atomic E-state index is 0.229. The Morgan fingerprint density at radius 1 is 1.22 bits per heavy atom. The minimum atomic E-state index is -0.651. The number of carbonyl (C=O) groups is 3. The Labute approximate surface area is 106 Å². The van der Waals surface area contributed by atoms with Crippen molar-refractivity contribution in [2.45, 2.75) is 19.8 Å². The number of nitrogens with one attached hydrogen (secondary N) is 1. The topological polar surface area (TPSA) is 119 Å². The monoisotopic (exact) mass is 256 g/mol. The Kier molecular flexibility index (Phi) is 4.66. The summed E-state index contributed by atoms with van der Waals surface area (Å²) in [7, 11) is 0. The molecule has 1 aliphatic rings. The second-order valence-electron chi connectivity index (χ2n) is 4.65. The van der Waals surface area contributed by atoms with Crippen molar-refractivity contribution in [1.29, 1.82) is 0 Å². The summed E-state index contributed by atoms with van der Waals surface area (Å²) in [4.78, 5) is 35.5. The predicted octanol–water partition coefficient (Wildman–Crippen LogP) is -1.82. The second kappa shape index (κ2) is 5.81. The van der Waals surface area contributed by atoms with Crippen LogP contribution in [0.2, 0.25) is 0 Å². The summed E-state index contributed by atoms with van der Waals surface area (Å²) in [6.45, 7) is 2.67. The number of hydrogen-bond donors (Lipinski definition) is 3. The molecular weight excluding hydrogens is 236 g/mol. The van der Waals surface area contributed by atoms with Gasteiger partial charge in [-0.05, 0) is 19.4 Å². The molecule has 3 amide bonds. The number of carbonyl (C=O) groups excluding carboxylic acids is 3. The van der Waals surface area contributed by atoms with Crippen molar-refractivity contribution in [3.63, 3.8) is 0 Å². The van der Waals surface area contributed by atoms with Crippen molar-refractivity contribution in [3.05, 3.63) is 0 Å². The molecule has 0 aliphatic carbocycles. The molecule has 0 aromatic carbocycles. The highest BCUT2D eigenvalue weighted by atomic mass is 16.2. The largest absolute Gasteiger partial charge is 0.368 e. The number of rotatable bonds is 6. The Balaban J connectivity index is 2.85. The van der Waals surface area contributed by atoms with Crippen LogP contribution in [-0.4, -0.2) is 48.8 Å². The SMILES string of the molecule is CCC1(C(=O)N(CC(N)=O)CC(N)=O)CCNC1. The summed E-state index contributed by atoms with van der Waals surface area (Å²) in [6.07, 6.45) is 1.34. The van der Waals surface area contributed by atoms with Crippen molar-refractivity contribution in [2.24, 2.45) is 16.9 Å². The van der Waals surface area contributed by atoms with Crippen molar-refractivity contribution < 1.29 is 14.4 Å². The van der Waals surface area contributed by atoms with Crippen LogP contribution in [0.15, 0.2) is 0 Å². The lowest BCUT2D eigenvalue weighted by atomic mass is 9.82. The zero-order valence-corrected chi connectivity index (χ0v) is 10.6. The first-order valence-corrected chi connectivity index (χ1v) is 5.98. The normalized spacial score (nSPS) is 22.7.